The van der Waals surface area contributed by atoms with Crippen molar-refractivity contribution in [1.29, 1.82) is 0 Å². The number of nitrogens with zero attached hydrogens (tertiary/aromatic N) is 2. The molecular weight excluding hydrogens is 383 g/mol. The minimum atomic E-state index is -0.462. The van der Waals surface area contributed by atoms with Gasteiger partial charge in [0.15, 0.2) is 5.96 Å². The minimum Gasteiger partial charge on any atom is -0.444 e. The van der Waals surface area contributed by atoms with E-state index in [1.807, 2.05) is 20.8 Å². The summed E-state index contributed by atoms with van der Waals surface area (Å²) in [6, 6.07) is 0. The van der Waals surface area contributed by atoms with Crippen molar-refractivity contribution in [3.05, 3.63) is 0 Å². The Hall–Kier alpha value is -0.730. The van der Waals surface area contributed by atoms with E-state index in [9.17, 15) is 4.79 Å². The van der Waals surface area contributed by atoms with Gasteiger partial charge in [0.1, 0.15) is 5.60 Å². The summed E-state index contributed by atoms with van der Waals surface area (Å²) < 4.78 is 5.28. The number of hydrogen-bond donors (Lipinski definition) is 2. The highest BCUT2D eigenvalue weighted by atomic mass is 127. The van der Waals surface area contributed by atoms with Crippen molar-refractivity contribution in [3.8, 4) is 0 Å². The smallest absolute Gasteiger partial charge is 0.410 e. The molecule has 0 unspecified atom stereocenters. The van der Waals surface area contributed by atoms with E-state index in [0.29, 0.717) is 13.1 Å². The topological polar surface area (TPSA) is 66.0 Å². The van der Waals surface area contributed by atoms with Gasteiger partial charge in [0.05, 0.1) is 0 Å². The lowest BCUT2D eigenvalue weighted by Crippen LogP contribution is -2.43. The van der Waals surface area contributed by atoms with Crippen LogP contribution in [0.5, 0.6) is 0 Å². The number of halogens is 1. The summed E-state index contributed by atoms with van der Waals surface area (Å²) >= 11 is 0. The van der Waals surface area contributed by atoms with Crippen molar-refractivity contribution in [2.75, 3.05) is 33.7 Å². The molecule has 1 amide bonds. The normalized spacial score (nSPS) is 11.4. The standard InChI is InChI=1S/C14H30N4O2.HI/c1-7-8-9-16-12(15-5)17-10-11-18(6)13(19)20-14(2,3)4;/h7-11H2,1-6H3,(H2,15,16,17);1H. The summed E-state index contributed by atoms with van der Waals surface area (Å²) in [4.78, 5) is 17.4. The molecule has 0 saturated carbocycles. The average molecular weight is 414 g/mol. The summed E-state index contributed by atoms with van der Waals surface area (Å²) in [6.07, 6.45) is 1.94. The molecule has 0 spiro atoms. The van der Waals surface area contributed by atoms with E-state index < -0.39 is 5.60 Å². The molecule has 0 aromatic heterocycles. The van der Waals surface area contributed by atoms with Crippen LogP contribution in [0.15, 0.2) is 4.99 Å². The number of carbonyl (C=O) groups excluding carboxylic acids is 1. The second-order valence-corrected chi connectivity index (χ2v) is 5.68. The van der Waals surface area contributed by atoms with Crippen LogP contribution in [0, 0.1) is 0 Å². The Morgan fingerprint density at radius 2 is 1.81 bits per heavy atom. The zero-order chi connectivity index (χ0) is 15.6. The first-order chi connectivity index (χ1) is 9.30. The predicted molar refractivity (Wildman–Crippen MR) is 98.6 cm³/mol. The quantitative estimate of drug-likeness (QED) is 0.303. The van der Waals surface area contributed by atoms with Crippen LogP contribution in [0.2, 0.25) is 0 Å². The second kappa shape index (κ2) is 11.9. The summed E-state index contributed by atoms with van der Waals surface area (Å²) in [5.41, 5.74) is -0.462. The molecule has 7 heteroatoms. The van der Waals surface area contributed by atoms with Gasteiger partial charge in [0, 0.05) is 33.7 Å². The lowest BCUT2D eigenvalue weighted by atomic mass is 10.2. The number of unbranched alkanes of at least 4 members (excludes halogenated alkanes) is 1. The lowest BCUT2D eigenvalue weighted by molar-refractivity contribution is 0.0302. The van der Waals surface area contributed by atoms with Gasteiger partial charge in [0.25, 0.3) is 0 Å². The number of carbonyl (C=O) groups is 1. The molecule has 0 radical (unpaired) electrons. The SMILES string of the molecule is CCCCNC(=NC)NCCN(C)C(=O)OC(C)(C)C.I. The first-order valence-electron chi connectivity index (χ1n) is 7.18. The summed E-state index contributed by atoms with van der Waals surface area (Å²) in [5.74, 6) is 0.760. The Morgan fingerprint density at radius 1 is 1.24 bits per heavy atom. The van der Waals surface area contributed by atoms with Gasteiger partial charge in [0.2, 0.25) is 0 Å². The van der Waals surface area contributed by atoms with E-state index in [2.05, 4.69) is 22.5 Å². The zero-order valence-electron chi connectivity index (χ0n) is 14.2. The van der Waals surface area contributed by atoms with Crippen LogP contribution in [0.25, 0.3) is 0 Å². The maximum atomic E-state index is 11.7. The van der Waals surface area contributed by atoms with Gasteiger partial charge >= 0.3 is 6.09 Å². The lowest BCUT2D eigenvalue weighted by Gasteiger charge is -2.24. The third-order valence-corrected chi connectivity index (χ3v) is 2.49. The molecule has 0 bridgehead atoms. The number of guanidine groups is 1. The molecule has 0 heterocycles. The van der Waals surface area contributed by atoms with E-state index in [-0.39, 0.29) is 30.1 Å². The van der Waals surface area contributed by atoms with Gasteiger partial charge in [-0.3, -0.25) is 4.99 Å². The summed E-state index contributed by atoms with van der Waals surface area (Å²) in [7, 11) is 3.46. The molecule has 21 heavy (non-hydrogen) atoms. The van der Waals surface area contributed by atoms with Crippen LogP contribution in [0.4, 0.5) is 4.79 Å². The minimum absolute atomic E-state index is 0. The van der Waals surface area contributed by atoms with Crippen molar-refractivity contribution < 1.29 is 9.53 Å². The van der Waals surface area contributed by atoms with Crippen LogP contribution < -0.4 is 10.6 Å². The summed E-state index contributed by atoms with van der Waals surface area (Å²) in [5, 5.41) is 6.38. The highest BCUT2D eigenvalue weighted by molar-refractivity contribution is 14.0. The molecule has 0 atom stereocenters. The molecule has 0 aliphatic heterocycles. The Balaban J connectivity index is 0. The van der Waals surface area contributed by atoms with Crippen molar-refractivity contribution >= 4 is 36.0 Å². The Bertz CT molecular complexity index is 317. The van der Waals surface area contributed by atoms with Crippen molar-refractivity contribution in [3.63, 3.8) is 0 Å². The number of aliphatic imine (C=N–C) groups is 1. The maximum absolute atomic E-state index is 11.7. The van der Waals surface area contributed by atoms with Gasteiger partial charge in [-0.05, 0) is 27.2 Å². The Kier molecular flexibility index (Phi) is 12.8. The van der Waals surface area contributed by atoms with Crippen molar-refractivity contribution in [1.82, 2.24) is 15.5 Å². The third kappa shape index (κ3) is 12.7. The second-order valence-electron chi connectivity index (χ2n) is 5.68. The zero-order valence-corrected chi connectivity index (χ0v) is 16.5. The van der Waals surface area contributed by atoms with Crippen LogP contribution in [0.1, 0.15) is 40.5 Å². The maximum Gasteiger partial charge on any atom is 0.410 e. The van der Waals surface area contributed by atoms with E-state index in [4.69, 9.17) is 4.74 Å². The Labute approximate surface area is 146 Å². The number of hydrogen-bond acceptors (Lipinski definition) is 3. The molecule has 2 N–H and O–H groups in total. The largest absolute Gasteiger partial charge is 0.444 e. The van der Waals surface area contributed by atoms with Crippen LogP contribution in [-0.4, -0.2) is 56.3 Å². The van der Waals surface area contributed by atoms with Gasteiger partial charge < -0.3 is 20.3 Å². The fourth-order valence-corrected chi connectivity index (χ4v) is 1.38. The van der Waals surface area contributed by atoms with Crippen LogP contribution in [-0.2, 0) is 4.74 Å². The van der Waals surface area contributed by atoms with Crippen LogP contribution >= 0.6 is 24.0 Å². The molecule has 0 rings (SSSR count). The molecule has 0 aromatic rings. The van der Waals surface area contributed by atoms with Crippen LogP contribution in [0.3, 0.4) is 0 Å². The van der Waals surface area contributed by atoms with E-state index in [0.717, 1.165) is 25.3 Å². The molecule has 0 aromatic carbocycles. The van der Waals surface area contributed by atoms with Crippen molar-refractivity contribution in [2.24, 2.45) is 4.99 Å². The monoisotopic (exact) mass is 414 g/mol. The van der Waals surface area contributed by atoms with E-state index in [1.165, 1.54) is 0 Å². The van der Waals surface area contributed by atoms with Gasteiger partial charge in [-0.2, -0.15) is 0 Å². The highest BCUT2D eigenvalue weighted by Crippen LogP contribution is 2.08. The van der Waals surface area contributed by atoms with E-state index in [1.54, 1.807) is 19.0 Å². The van der Waals surface area contributed by atoms with Gasteiger partial charge in [-0.25, -0.2) is 4.79 Å². The molecule has 6 nitrogen and oxygen atoms in total. The molecule has 0 aliphatic carbocycles. The summed E-state index contributed by atoms with van der Waals surface area (Å²) in [6.45, 7) is 9.81. The fourth-order valence-electron chi connectivity index (χ4n) is 1.38. The van der Waals surface area contributed by atoms with Gasteiger partial charge in [-0.1, -0.05) is 13.3 Å². The first kappa shape index (κ1) is 22.5. The van der Waals surface area contributed by atoms with Gasteiger partial charge in [-0.15, -0.1) is 24.0 Å². The number of likely N-dealkylation sites (N-methyl/N-ethyl adjacent to an activating group) is 1. The third-order valence-electron chi connectivity index (χ3n) is 2.49. The molecule has 0 aliphatic rings. The number of ether oxygens (including phenoxy) is 1. The Morgan fingerprint density at radius 3 is 2.29 bits per heavy atom. The molecule has 126 valence electrons. The first-order valence-corrected chi connectivity index (χ1v) is 7.18. The number of amides is 1. The fraction of sp³-hybridized carbons (Fsp3) is 0.857. The molecule has 0 saturated heterocycles. The van der Waals surface area contributed by atoms with Crippen molar-refractivity contribution in [2.45, 2.75) is 46.1 Å². The molecule has 0 fully saturated rings. The number of nitrogens with one attached hydrogen (secondary N) is 2. The van der Waals surface area contributed by atoms with E-state index >= 15 is 0 Å². The number of rotatable bonds is 6. The average Bonchev–Trinajstić information content (AvgIpc) is 2.34. The predicted octanol–water partition coefficient (Wildman–Crippen LogP) is 2.44. The highest BCUT2D eigenvalue weighted by Gasteiger charge is 2.19. The molecular formula is C14H31IN4O2.